The summed E-state index contributed by atoms with van der Waals surface area (Å²) < 4.78 is 1.66. The summed E-state index contributed by atoms with van der Waals surface area (Å²) in [5, 5.41) is 4.89. The molecule has 2 heterocycles. The topological polar surface area (TPSA) is 30.7 Å². The fourth-order valence-electron chi connectivity index (χ4n) is 1.34. The van der Waals surface area contributed by atoms with Gasteiger partial charge in [-0.1, -0.05) is 11.6 Å². The molecule has 0 aliphatic rings. The lowest BCUT2D eigenvalue weighted by Gasteiger charge is -2.01. The summed E-state index contributed by atoms with van der Waals surface area (Å²) in [6, 6.07) is 3.69. The van der Waals surface area contributed by atoms with Crippen molar-refractivity contribution in [2.24, 2.45) is 0 Å². The summed E-state index contributed by atoms with van der Waals surface area (Å²) in [5.74, 6) is 0.371. The fraction of sp³-hybridized carbons (Fsp3) is 0.200. The lowest BCUT2D eigenvalue weighted by molar-refractivity contribution is 0.861. The van der Waals surface area contributed by atoms with Crippen molar-refractivity contribution in [3.63, 3.8) is 0 Å². The van der Waals surface area contributed by atoms with Crippen molar-refractivity contribution >= 4 is 23.2 Å². The Morgan fingerprint density at radius 3 is 2.53 bits per heavy atom. The van der Waals surface area contributed by atoms with E-state index in [2.05, 4.69) is 10.1 Å². The van der Waals surface area contributed by atoms with Crippen LogP contribution in [-0.4, -0.2) is 14.8 Å². The molecule has 0 aliphatic carbocycles. The van der Waals surface area contributed by atoms with E-state index in [0.717, 1.165) is 16.9 Å². The number of aryl methyl sites for hydroxylation is 1. The first kappa shape index (κ1) is 10.5. The summed E-state index contributed by atoms with van der Waals surface area (Å²) in [5.41, 5.74) is 2.61. The van der Waals surface area contributed by atoms with Crippen LogP contribution >= 0.6 is 23.2 Å². The van der Waals surface area contributed by atoms with Crippen molar-refractivity contribution in [2.75, 3.05) is 0 Å². The standard InChI is InChI=1S/C10H9Cl2N3/c1-7-9(6-11)10(12)15(14-7)8-2-4-13-5-3-8/h2-5H,6H2,1H3. The average molecular weight is 242 g/mol. The van der Waals surface area contributed by atoms with E-state index in [1.807, 2.05) is 19.1 Å². The highest BCUT2D eigenvalue weighted by atomic mass is 35.5. The number of aromatic nitrogens is 3. The normalized spacial score (nSPS) is 10.6. The van der Waals surface area contributed by atoms with E-state index in [1.165, 1.54) is 0 Å². The van der Waals surface area contributed by atoms with Gasteiger partial charge in [-0.3, -0.25) is 4.98 Å². The van der Waals surface area contributed by atoms with E-state index in [1.54, 1.807) is 17.1 Å². The lowest BCUT2D eigenvalue weighted by Crippen LogP contribution is -1.96. The van der Waals surface area contributed by atoms with Gasteiger partial charge in [-0.05, 0) is 19.1 Å². The Kier molecular flexibility index (Phi) is 2.93. The van der Waals surface area contributed by atoms with Crippen molar-refractivity contribution in [2.45, 2.75) is 12.8 Å². The van der Waals surface area contributed by atoms with Crippen molar-refractivity contribution in [3.8, 4) is 5.69 Å². The molecule has 5 heteroatoms. The number of halogens is 2. The van der Waals surface area contributed by atoms with Gasteiger partial charge in [0.05, 0.1) is 17.3 Å². The van der Waals surface area contributed by atoms with Crippen LogP contribution in [0.15, 0.2) is 24.5 Å². The molecule has 0 fully saturated rings. The van der Waals surface area contributed by atoms with Crippen LogP contribution in [0.2, 0.25) is 5.15 Å². The first-order chi connectivity index (χ1) is 7.24. The zero-order valence-electron chi connectivity index (χ0n) is 8.11. The van der Waals surface area contributed by atoms with E-state index < -0.39 is 0 Å². The Balaban J connectivity index is 2.55. The molecule has 0 amide bonds. The van der Waals surface area contributed by atoms with Gasteiger partial charge >= 0.3 is 0 Å². The second kappa shape index (κ2) is 4.21. The van der Waals surface area contributed by atoms with E-state index >= 15 is 0 Å². The second-order valence-corrected chi connectivity index (χ2v) is 3.73. The number of nitrogens with zero attached hydrogens (tertiary/aromatic N) is 3. The molecule has 0 aromatic carbocycles. The molecule has 3 nitrogen and oxygen atoms in total. The first-order valence-corrected chi connectivity index (χ1v) is 5.35. The zero-order valence-corrected chi connectivity index (χ0v) is 9.63. The number of hydrogen-bond acceptors (Lipinski definition) is 2. The maximum Gasteiger partial charge on any atom is 0.137 e. The van der Waals surface area contributed by atoms with Crippen LogP contribution in [0, 0.1) is 6.92 Å². The van der Waals surface area contributed by atoms with Crippen LogP contribution in [0.4, 0.5) is 0 Å². The van der Waals surface area contributed by atoms with E-state index in [0.29, 0.717) is 11.0 Å². The van der Waals surface area contributed by atoms with Gasteiger partial charge in [-0.15, -0.1) is 11.6 Å². The quantitative estimate of drug-likeness (QED) is 0.758. The molecule has 78 valence electrons. The molecule has 0 saturated heterocycles. The van der Waals surface area contributed by atoms with Crippen LogP contribution in [0.3, 0.4) is 0 Å². The Morgan fingerprint density at radius 1 is 1.33 bits per heavy atom. The Morgan fingerprint density at radius 2 is 2.00 bits per heavy atom. The molecule has 2 rings (SSSR count). The van der Waals surface area contributed by atoms with Crippen molar-refractivity contribution in [3.05, 3.63) is 40.9 Å². The number of alkyl halides is 1. The lowest BCUT2D eigenvalue weighted by atomic mass is 10.3. The maximum atomic E-state index is 6.16. The summed E-state index contributed by atoms with van der Waals surface area (Å²) >= 11 is 11.9. The summed E-state index contributed by atoms with van der Waals surface area (Å²) in [6.07, 6.45) is 3.39. The molecule has 2 aromatic heterocycles. The number of pyridine rings is 1. The van der Waals surface area contributed by atoms with Gasteiger partial charge in [-0.25, -0.2) is 4.68 Å². The Hall–Kier alpha value is -1.06. The molecule has 0 atom stereocenters. The molecule has 2 aromatic rings. The van der Waals surface area contributed by atoms with Crippen LogP contribution in [0.5, 0.6) is 0 Å². The largest absolute Gasteiger partial charge is 0.265 e. The molecule has 0 aliphatic heterocycles. The van der Waals surface area contributed by atoms with Crippen LogP contribution in [-0.2, 0) is 5.88 Å². The van der Waals surface area contributed by atoms with Gasteiger partial charge in [0, 0.05) is 18.0 Å². The predicted molar refractivity (Wildman–Crippen MR) is 60.7 cm³/mol. The van der Waals surface area contributed by atoms with Crippen LogP contribution in [0.25, 0.3) is 5.69 Å². The Bertz CT molecular complexity index is 465. The van der Waals surface area contributed by atoms with E-state index in [-0.39, 0.29) is 0 Å². The van der Waals surface area contributed by atoms with Gasteiger partial charge < -0.3 is 0 Å². The Labute approximate surface area is 97.7 Å². The minimum Gasteiger partial charge on any atom is -0.265 e. The summed E-state index contributed by atoms with van der Waals surface area (Å²) in [6.45, 7) is 1.89. The molecule has 15 heavy (non-hydrogen) atoms. The highest BCUT2D eigenvalue weighted by Crippen LogP contribution is 2.24. The highest BCUT2D eigenvalue weighted by molar-refractivity contribution is 6.31. The number of rotatable bonds is 2. The minimum absolute atomic E-state index is 0.371. The van der Waals surface area contributed by atoms with Gasteiger partial charge in [0.25, 0.3) is 0 Å². The van der Waals surface area contributed by atoms with Crippen LogP contribution in [0.1, 0.15) is 11.3 Å². The molecule has 0 bridgehead atoms. The third-order valence-electron chi connectivity index (χ3n) is 2.16. The van der Waals surface area contributed by atoms with Gasteiger partial charge in [0.15, 0.2) is 0 Å². The third-order valence-corrected chi connectivity index (χ3v) is 2.82. The highest BCUT2D eigenvalue weighted by Gasteiger charge is 2.12. The van der Waals surface area contributed by atoms with Gasteiger partial charge in [0.2, 0.25) is 0 Å². The molecule has 0 spiro atoms. The SMILES string of the molecule is Cc1nn(-c2ccncc2)c(Cl)c1CCl. The molecule has 0 radical (unpaired) electrons. The number of hydrogen-bond donors (Lipinski definition) is 0. The molecular formula is C10H9Cl2N3. The molecule has 0 saturated carbocycles. The summed E-state index contributed by atoms with van der Waals surface area (Å²) in [4.78, 5) is 3.94. The van der Waals surface area contributed by atoms with Crippen molar-refractivity contribution in [1.82, 2.24) is 14.8 Å². The zero-order chi connectivity index (χ0) is 10.8. The fourth-order valence-corrected chi connectivity index (χ4v) is 2.07. The van der Waals surface area contributed by atoms with Gasteiger partial charge in [-0.2, -0.15) is 5.10 Å². The average Bonchev–Trinajstić information content (AvgIpc) is 2.55. The molecule has 0 N–H and O–H groups in total. The monoisotopic (exact) mass is 241 g/mol. The van der Waals surface area contributed by atoms with Crippen LogP contribution < -0.4 is 0 Å². The summed E-state index contributed by atoms with van der Waals surface area (Å²) in [7, 11) is 0. The third kappa shape index (κ3) is 1.85. The molecular weight excluding hydrogens is 233 g/mol. The van der Waals surface area contributed by atoms with E-state index in [9.17, 15) is 0 Å². The van der Waals surface area contributed by atoms with E-state index in [4.69, 9.17) is 23.2 Å². The minimum atomic E-state index is 0.371. The predicted octanol–water partition coefficient (Wildman–Crippen LogP) is 2.97. The van der Waals surface area contributed by atoms with Crippen molar-refractivity contribution < 1.29 is 0 Å². The maximum absolute atomic E-state index is 6.16. The second-order valence-electron chi connectivity index (χ2n) is 3.11. The van der Waals surface area contributed by atoms with Gasteiger partial charge in [0.1, 0.15) is 5.15 Å². The molecule has 0 unspecified atom stereocenters. The van der Waals surface area contributed by atoms with Crippen molar-refractivity contribution in [1.29, 1.82) is 0 Å². The first-order valence-electron chi connectivity index (χ1n) is 4.44. The smallest absolute Gasteiger partial charge is 0.137 e.